The zero-order valence-electron chi connectivity index (χ0n) is 19.6. The number of carbonyl (C=O) groups excluding carboxylic acids is 2. The van der Waals surface area contributed by atoms with E-state index in [0.29, 0.717) is 23.4 Å². The maximum atomic E-state index is 13.9. The van der Waals surface area contributed by atoms with Crippen molar-refractivity contribution in [3.63, 3.8) is 0 Å². The Balaban J connectivity index is 1.50. The first-order valence-corrected chi connectivity index (χ1v) is 12.0. The summed E-state index contributed by atoms with van der Waals surface area (Å²) in [5.41, 5.74) is 3.20. The van der Waals surface area contributed by atoms with E-state index in [1.165, 1.54) is 0 Å². The Morgan fingerprint density at radius 3 is 2.37 bits per heavy atom. The van der Waals surface area contributed by atoms with E-state index in [-0.39, 0.29) is 11.6 Å². The first-order valence-electron chi connectivity index (χ1n) is 12.0. The smallest absolute Gasteiger partial charge is 0.210 e. The molecule has 0 aliphatic carbocycles. The Kier molecular flexibility index (Phi) is 5.40. The van der Waals surface area contributed by atoms with E-state index in [4.69, 9.17) is 0 Å². The van der Waals surface area contributed by atoms with Crippen LogP contribution in [-0.4, -0.2) is 70.5 Å². The number of piperazine rings is 1. The average Bonchev–Trinajstić information content (AvgIpc) is 3.30. The van der Waals surface area contributed by atoms with Crippen LogP contribution in [0.5, 0.6) is 0 Å². The number of para-hydroxylation sites is 1. The highest BCUT2D eigenvalue weighted by Crippen LogP contribution is 2.29. The summed E-state index contributed by atoms with van der Waals surface area (Å²) in [4.78, 5) is 36.6. The molecular formula is C29H26N4O2. The highest BCUT2D eigenvalue weighted by molar-refractivity contribution is 6.19. The number of nitrogens with zero attached hydrogens (tertiary/aromatic N) is 4. The fraction of sp³-hybridized carbons (Fsp3) is 0.207. The highest BCUT2D eigenvalue weighted by Gasteiger charge is 2.25. The second-order valence-electron chi connectivity index (χ2n) is 9.28. The monoisotopic (exact) mass is 462 g/mol. The third kappa shape index (κ3) is 3.81. The molecule has 6 rings (SSSR count). The number of rotatable bonds is 5. The van der Waals surface area contributed by atoms with Crippen molar-refractivity contribution in [3.8, 4) is 0 Å². The summed E-state index contributed by atoms with van der Waals surface area (Å²) in [6.45, 7) is 3.95. The van der Waals surface area contributed by atoms with Crippen LogP contribution in [0.15, 0.2) is 79.1 Å². The van der Waals surface area contributed by atoms with E-state index >= 15 is 0 Å². The van der Waals surface area contributed by atoms with E-state index in [0.717, 1.165) is 53.4 Å². The third-order valence-electron chi connectivity index (χ3n) is 7.04. The second-order valence-corrected chi connectivity index (χ2v) is 9.28. The molecule has 0 radical (unpaired) electrons. The number of carbonyl (C=O) groups is 2. The molecule has 0 N–H and O–H groups in total. The van der Waals surface area contributed by atoms with Gasteiger partial charge < -0.3 is 4.90 Å². The third-order valence-corrected chi connectivity index (χ3v) is 7.04. The van der Waals surface area contributed by atoms with E-state index in [1.54, 1.807) is 16.8 Å². The van der Waals surface area contributed by atoms with Crippen molar-refractivity contribution in [2.75, 3.05) is 39.8 Å². The van der Waals surface area contributed by atoms with Gasteiger partial charge in [-0.2, -0.15) is 0 Å². The van der Waals surface area contributed by atoms with Crippen LogP contribution in [-0.2, 0) is 0 Å². The molecule has 0 bridgehead atoms. The zero-order valence-corrected chi connectivity index (χ0v) is 19.6. The van der Waals surface area contributed by atoms with Crippen molar-refractivity contribution >= 4 is 38.8 Å². The molecule has 0 atom stereocenters. The molecule has 6 heteroatoms. The number of fused-ring (bicyclic) bond motifs is 4. The molecule has 5 aromatic rings. The summed E-state index contributed by atoms with van der Waals surface area (Å²) in [5, 5.41) is 2.77. The minimum Gasteiger partial charge on any atom is -0.304 e. The van der Waals surface area contributed by atoms with Crippen LogP contribution >= 0.6 is 0 Å². The molecule has 2 aromatic heterocycles. The Labute approximate surface area is 203 Å². The molecule has 0 unspecified atom stereocenters. The van der Waals surface area contributed by atoms with Gasteiger partial charge in [0.1, 0.15) is 6.33 Å². The number of likely N-dealkylation sites (N-methyl/N-ethyl adjacent to an activating group) is 1. The standard InChI is InChI=1S/C29H26N4O2/c1-31-13-15-32(16-14-31)18-27(34)24-17-26(33-19-30-25-12-5-4-10-23(25)28(24)33)29(35)22-11-6-8-20-7-2-3-9-21(20)22/h2-12,17,19H,13-16,18H2,1H3. The largest absolute Gasteiger partial charge is 0.304 e. The first-order chi connectivity index (χ1) is 17.1. The van der Waals surface area contributed by atoms with Gasteiger partial charge in [-0.25, -0.2) is 4.98 Å². The number of hydrogen-bond acceptors (Lipinski definition) is 5. The SMILES string of the molecule is CN1CCN(CC(=O)c2cc(C(=O)c3cccc4ccccc34)n3cnc4ccccc4c23)CC1. The average molecular weight is 463 g/mol. The van der Waals surface area contributed by atoms with Gasteiger partial charge in [-0.05, 0) is 30.0 Å². The van der Waals surface area contributed by atoms with Crippen LogP contribution in [0.2, 0.25) is 0 Å². The lowest BCUT2D eigenvalue weighted by Gasteiger charge is -2.31. The lowest BCUT2D eigenvalue weighted by Crippen LogP contribution is -2.46. The van der Waals surface area contributed by atoms with E-state index in [2.05, 4.69) is 21.8 Å². The topological polar surface area (TPSA) is 57.9 Å². The predicted molar refractivity (Wildman–Crippen MR) is 138 cm³/mol. The lowest BCUT2D eigenvalue weighted by molar-refractivity contribution is 0.0878. The van der Waals surface area contributed by atoms with Crippen LogP contribution in [0.25, 0.3) is 27.2 Å². The number of hydrogen-bond donors (Lipinski definition) is 0. The van der Waals surface area contributed by atoms with Crippen LogP contribution < -0.4 is 0 Å². The summed E-state index contributed by atoms with van der Waals surface area (Å²) >= 11 is 0. The van der Waals surface area contributed by atoms with Gasteiger partial charge in [0.2, 0.25) is 5.78 Å². The van der Waals surface area contributed by atoms with E-state index in [9.17, 15) is 9.59 Å². The number of benzene rings is 3. The summed E-state index contributed by atoms with van der Waals surface area (Å²) in [5.74, 6) is -0.0899. The Morgan fingerprint density at radius 1 is 0.829 bits per heavy atom. The Morgan fingerprint density at radius 2 is 1.54 bits per heavy atom. The fourth-order valence-electron chi connectivity index (χ4n) is 5.07. The number of ketones is 2. The van der Waals surface area contributed by atoms with Gasteiger partial charge in [0.15, 0.2) is 5.78 Å². The molecule has 35 heavy (non-hydrogen) atoms. The van der Waals surface area contributed by atoms with Crippen molar-refractivity contribution in [2.24, 2.45) is 0 Å². The minimum absolute atomic E-state index is 0.0281. The fourth-order valence-corrected chi connectivity index (χ4v) is 5.07. The van der Waals surface area contributed by atoms with Gasteiger partial charge in [-0.15, -0.1) is 0 Å². The van der Waals surface area contributed by atoms with Crippen LogP contribution in [0.3, 0.4) is 0 Å². The quantitative estimate of drug-likeness (QED) is 0.365. The molecule has 0 amide bonds. The molecular weight excluding hydrogens is 436 g/mol. The maximum absolute atomic E-state index is 13.9. The van der Waals surface area contributed by atoms with E-state index < -0.39 is 0 Å². The Bertz CT molecular complexity index is 1590. The zero-order chi connectivity index (χ0) is 23.9. The summed E-state index contributed by atoms with van der Waals surface area (Å²) < 4.78 is 1.80. The first kappa shape index (κ1) is 21.6. The predicted octanol–water partition coefficient (Wildman–Crippen LogP) is 4.30. The van der Waals surface area contributed by atoms with Crippen LogP contribution in [0, 0.1) is 0 Å². The van der Waals surface area contributed by atoms with Gasteiger partial charge >= 0.3 is 0 Å². The van der Waals surface area contributed by atoms with Gasteiger partial charge in [0.25, 0.3) is 0 Å². The normalized spacial score (nSPS) is 15.2. The van der Waals surface area contributed by atoms with Crippen molar-refractivity contribution in [3.05, 3.63) is 95.9 Å². The maximum Gasteiger partial charge on any atom is 0.210 e. The van der Waals surface area contributed by atoms with Crippen LogP contribution in [0.1, 0.15) is 26.4 Å². The molecule has 1 fully saturated rings. The highest BCUT2D eigenvalue weighted by atomic mass is 16.1. The second kappa shape index (κ2) is 8.73. The summed E-state index contributed by atoms with van der Waals surface area (Å²) in [7, 11) is 2.10. The molecule has 6 nitrogen and oxygen atoms in total. The minimum atomic E-state index is -0.118. The van der Waals surface area contributed by atoms with Crippen molar-refractivity contribution in [1.29, 1.82) is 0 Å². The number of aromatic nitrogens is 2. The molecule has 3 heterocycles. The summed E-state index contributed by atoms with van der Waals surface area (Å²) in [6, 6.07) is 23.2. The Hall–Kier alpha value is -3.87. The molecule has 174 valence electrons. The molecule has 1 saturated heterocycles. The summed E-state index contributed by atoms with van der Waals surface area (Å²) in [6.07, 6.45) is 1.67. The molecule has 1 aliphatic rings. The van der Waals surface area contributed by atoms with Crippen molar-refractivity contribution in [2.45, 2.75) is 0 Å². The van der Waals surface area contributed by atoms with Gasteiger partial charge in [0.05, 0.1) is 23.3 Å². The van der Waals surface area contributed by atoms with Gasteiger partial charge in [-0.1, -0.05) is 60.7 Å². The number of Topliss-reactive ketones (excluding diaryl/α,β-unsaturated/α-hetero) is 1. The molecule has 0 saturated carbocycles. The molecule has 3 aromatic carbocycles. The van der Waals surface area contributed by atoms with Gasteiger partial charge in [0, 0.05) is 42.7 Å². The van der Waals surface area contributed by atoms with E-state index in [1.807, 2.05) is 66.7 Å². The van der Waals surface area contributed by atoms with Gasteiger partial charge in [-0.3, -0.25) is 18.9 Å². The lowest BCUT2D eigenvalue weighted by atomic mass is 9.99. The molecule has 1 aliphatic heterocycles. The van der Waals surface area contributed by atoms with Crippen LogP contribution in [0.4, 0.5) is 0 Å². The van der Waals surface area contributed by atoms with Crippen molar-refractivity contribution in [1.82, 2.24) is 19.2 Å². The van der Waals surface area contributed by atoms with Crippen molar-refractivity contribution < 1.29 is 9.59 Å². The molecule has 0 spiro atoms.